The van der Waals surface area contributed by atoms with Gasteiger partial charge in [-0.2, -0.15) is 0 Å². The Labute approximate surface area is 131 Å². The second-order valence-electron chi connectivity index (χ2n) is 4.78. The summed E-state index contributed by atoms with van der Waals surface area (Å²) in [4.78, 5) is 26.4. The number of thiophene rings is 1. The van der Waals surface area contributed by atoms with Gasteiger partial charge in [-0.1, -0.05) is 0 Å². The van der Waals surface area contributed by atoms with Crippen molar-refractivity contribution in [3.8, 4) is 0 Å². The normalized spacial score (nSPS) is 10.6. The fourth-order valence-corrected chi connectivity index (χ4v) is 2.89. The summed E-state index contributed by atoms with van der Waals surface area (Å²) in [5, 5.41) is 6.87. The van der Waals surface area contributed by atoms with Crippen molar-refractivity contribution in [2.75, 3.05) is 11.9 Å². The Balaban J connectivity index is 1.58. The highest BCUT2D eigenvalue weighted by Gasteiger charge is 2.08. The molecule has 0 unspecified atom stereocenters. The van der Waals surface area contributed by atoms with Crippen molar-refractivity contribution >= 4 is 33.3 Å². The largest absolute Gasteiger partial charge is 0.360 e. The van der Waals surface area contributed by atoms with Gasteiger partial charge in [-0.25, -0.2) is 9.97 Å². The maximum Gasteiger partial charge on any atom is 0.239 e. The standard InChI is InChI=1S/C15H15N5OS/c1-10-6-12-14(19-9-20-15(12)22-10)18-8-13(21)17-7-11-2-4-16-5-3-11/h2-6,9H,7-8H2,1H3,(H,17,21)(H,18,19,20). The summed E-state index contributed by atoms with van der Waals surface area (Å²) in [6.45, 7) is 2.68. The van der Waals surface area contributed by atoms with Crippen LogP contribution in [0, 0.1) is 6.92 Å². The Morgan fingerprint density at radius 3 is 2.91 bits per heavy atom. The number of hydrogen-bond acceptors (Lipinski definition) is 6. The maximum absolute atomic E-state index is 11.9. The molecule has 3 aromatic rings. The van der Waals surface area contributed by atoms with Crippen LogP contribution in [0.15, 0.2) is 36.9 Å². The predicted molar refractivity (Wildman–Crippen MR) is 86.7 cm³/mol. The summed E-state index contributed by atoms with van der Waals surface area (Å²) < 4.78 is 0. The van der Waals surface area contributed by atoms with E-state index in [1.54, 1.807) is 23.7 Å². The highest BCUT2D eigenvalue weighted by atomic mass is 32.1. The molecule has 0 saturated heterocycles. The SMILES string of the molecule is Cc1cc2c(NCC(=O)NCc3ccncc3)ncnc2s1. The molecule has 0 atom stereocenters. The topological polar surface area (TPSA) is 79.8 Å². The van der Waals surface area contributed by atoms with Gasteiger partial charge in [0.1, 0.15) is 17.0 Å². The third-order valence-corrected chi connectivity index (χ3v) is 4.07. The molecule has 0 saturated carbocycles. The number of anilines is 1. The highest BCUT2D eigenvalue weighted by Crippen LogP contribution is 2.27. The zero-order valence-electron chi connectivity index (χ0n) is 12.0. The maximum atomic E-state index is 11.9. The molecule has 1 amide bonds. The van der Waals surface area contributed by atoms with Gasteiger partial charge in [0, 0.05) is 23.8 Å². The summed E-state index contributed by atoms with van der Waals surface area (Å²) in [7, 11) is 0. The average molecular weight is 313 g/mol. The Hall–Kier alpha value is -2.54. The van der Waals surface area contributed by atoms with Crippen molar-refractivity contribution in [1.82, 2.24) is 20.3 Å². The van der Waals surface area contributed by atoms with Crippen LogP contribution in [0.1, 0.15) is 10.4 Å². The van der Waals surface area contributed by atoms with E-state index in [1.807, 2.05) is 25.1 Å². The number of fused-ring (bicyclic) bond motifs is 1. The average Bonchev–Trinajstić information content (AvgIpc) is 2.92. The van der Waals surface area contributed by atoms with Gasteiger partial charge >= 0.3 is 0 Å². The molecule has 0 fully saturated rings. The van der Waals surface area contributed by atoms with Gasteiger partial charge in [-0.05, 0) is 30.7 Å². The minimum absolute atomic E-state index is 0.0875. The van der Waals surface area contributed by atoms with Gasteiger partial charge in [0.25, 0.3) is 0 Å². The highest BCUT2D eigenvalue weighted by molar-refractivity contribution is 7.18. The van der Waals surface area contributed by atoms with Crippen LogP contribution in [0.5, 0.6) is 0 Å². The summed E-state index contributed by atoms with van der Waals surface area (Å²) in [6, 6.07) is 5.77. The smallest absolute Gasteiger partial charge is 0.239 e. The van der Waals surface area contributed by atoms with Crippen LogP contribution in [0.2, 0.25) is 0 Å². The Kier molecular flexibility index (Phi) is 4.24. The number of aromatic nitrogens is 3. The number of nitrogens with zero attached hydrogens (tertiary/aromatic N) is 3. The first-order chi connectivity index (χ1) is 10.7. The van der Waals surface area contributed by atoms with E-state index < -0.39 is 0 Å². The monoisotopic (exact) mass is 313 g/mol. The number of rotatable bonds is 5. The molecule has 112 valence electrons. The second-order valence-corrected chi connectivity index (χ2v) is 6.02. The molecule has 3 heterocycles. The van der Waals surface area contributed by atoms with Crippen LogP contribution in [0.4, 0.5) is 5.82 Å². The van der Waals surface area contributed by atoms with Crippen molar-refractivity contribution in [3.63, 3.8) is 0 Å². The molecule has 0 spiro atoms. The van der Waals surface area contributed by atoms with Crippen molar-refractivity contribution in [1.29, 1.82) is 0 Å². The lowest BCUT2D eigenvalue weighted by Crippen LogP contribution is -2.29. The third-order valence-electron chi connectivity index (χ3n) is 3.11. The van der Waals surface area contributed by atoms with Gasteiger partial charge in [0.15, 0.2) is 0 Å². The van der Waals surface area contributed by atoms with Gasteiger partial charge < -0.3 is 10.6 Å². The molecule has 0 aromatic carbocycles. The summed E-state index contributed by atoms with van der Waals surface area (Å²) in [5.41, 5.74) is 1.02. The molecule has 0 radical (unpaired) electrons. The van der Waals surface area contributed by atoms with E-state index in [4.69, 9.17) is 0 Å². The van der Waals surface area contributed by atoms with Crippen LogP contribution in [-0.2, 0) is 11.3 Å². The van der Waals surface area contributed by atoms with Crippen molar-refractivity contribution < 1.29 is 4.79 Å². The first-order valence-corrected chi connectivity index (χ1v) is 7.64. The number of amides is 1. The third kappa shape index (κ3) is 3.37. The van der Waals surface area contributed by atoms with E-state index in [0.29, 0.717) is 12.4 Å². The number of carbonyl (C=O) groups excluding carboxylic acids is 1. The Morgan fingerprint density at radius 2 is 2.09 bits per heavy atom. The van der Waals surface area contributed by atoms with Crippen LogP contribution >= 0.6 is 11.3 Å². The van der Waals surface area contributed by atoms with E-state index in [-0.39, 0.29) is 12.5 Å². The first kappa shape index (κ1) is 14.4. The van der Waals surface area contributed by atoms with Crippen LogP contribution in [0.25, 0.3) is 10.2 Å². The fraction of sp³-hybridized carbons (Fsp3) is 0.200. The van der Waals surface area contributed by atoms with Crippen LogP contribution < -0.4 is 10.6 Å². The van der Waals surface area contributed by atoms with E-state index in [1.165, 1.54) is 11.2 Å². The zero-order chi connectivity index (χ0) is 15.4. The molecule has 2 N–H and O–H groups in total. The van der Waals surface area contributed by atoms with E-state index in [2.05, 4.69) is 25.6 Å². The second kappa shape index (κ2) is 6.48. The molecule has 3 aromatic heterocycles. The summed E-state index contributed by atoms with van der Waals surface area (Å²) in [5.74, 6) is 0.601. The predicted octanol–water partition coefficient (Wildman–Crippen LogP) is 2.12. The molecule has 22 heavy (non-hydrogen) atoms. The molecule has 0 bridgehead atoms. The van der Waals surface area contributed by atoms with E-state index in [0.717, 1.165) is 15.8 Å². The Morgan fingerprint density at radius 1 is 1.27 bits per heavy atom. The van der Waals surface area contributed by atoms with Crippen LogP contribution in [-0.4, -0.2) is 27.4 Å². The van der Waals surface area contributed by atoms with Gasteiger partial charge in [-0.3, -0.25) is 9.78 Å². The minimum atomic E-state index is -0.0875. The summed E-state index contributed by atoms with van der Waals surface area (Å²) in [6.07, 6.45) is 4.92. The van der Waals surface area contributed by atoms with Crippen molar-refractivity contribution in [2.45, 2.75) is 13.5 Å². The van der Waals surface area contributed by atoms with Crippen molar-refractivity contribution in [3.05, 3.63) is 47.4 Å². The lowest BCUT2D eigenvalue weighted by Gasteiger charge is -2.07. The number of aryl methyl sites for hydroxylation is 1. The van der Waals surface area contributed by atoms with Crippen LogP contribution in [0.3, 0.4) is 0 Å². The first-order valence-electron chi connectivity index (χ1n) is 6.83. The number of pyridine rings is 1. The molecular formula is C15H15N5OS. The van der Waals surface area contributed by atoms with Gasteiger partial charge in [0.05, 0.1) is 11.9 Å². The lowest BCUT2D eigenvalue weighted by molar-refractivity contribution is -0.119. The van der Waals surface area contributed by atoms with Gasteiger partial charge in [0.2, 0.25) is 5.91 Å². The van der Waals surface area contributed by atoms with E-state index >= 15 is 0 Å². The molecule has 7 heteroatoms. The lowest BCUT2D eigenvalue weighted by atomic mass is 10.3. The summed E-state index contributed by atoms with van der Waals surface area (Å²) >= 11 is 1.61. The molecular weight excluding hydrogens is 298 g/mol. The number of hydrogen-bond donors (Lipinski definition) is 2. The van der Waals surface area contributed by atoms with E-state index in [9.17, 15) is 4.79 Å². The van der Waals surface area contributed by atoms with Crippen molar-refractivity contribution in [2.24, 2.45) is 0 Å². The van der Waals surface area contributed by atoms with Gasteiger partial charge in [-0.15, -0.1) is 11.3 Å². The minimum Gasteiger partial charge on any atom is -0.360 e. The Bertz CT molecular complexity index is 787. The zero-order valence-corrected chi connectivity index (χ0v) is 12.9. The molecule has 0 aliphatic rings. The number of nitrogens with one attached hydrogen (secondary N) is 2. The molecule has 3 rings (SSSR count). The number of carbonyl (C=O) groups is 1. The molecule has 6 nitrogen and oxygen atoms in total. The molecule has 0 aliphatic carbocycles. The quantitative estimate of drug-likeness (QED) is 0.754. The fourth-order valence-electron chi connectivity index (χ4n) is 2.04. The molecule has 0 aliphatic heterocycles.